The van der Waals surface area contributed by atoms with Gasteiger partial charge in [0.2, 0.25) is 0 Å². The average Bonchev–Trinajstić information content (AvgIpc) is 1.26. The zero-order valence-corrected chi connectivity index (χ0v) is 64.5. The minimum Gasteiger partial charge on any atom is -0.462 e. The number of phosphoric ester groups is 2. The van der Waals surface area contributed by atoms with Crippen LogP contribution >= 0.6 is 15.6 Å². The first-order chi connectivity index (χ1) is 46.4. The molecule has 0 aliphatic carbocycles. The number of carbonyl (C=O) groups excluding carboxylic acids is 4. The number of carbonyl (C=O) groups is 4. The van der Waals surface area contributed by atoms with Crippen LogP contribution in [0.3, 0.4) is 0 Å². The molecule has 0 heterocycles. The van der Waals surface area contributed by atoms with Crippen LogP contribution in [0.2, 0.25) is 0 Å². The van der Waals surface area contributed by atoms with Crippen LogP contribution in [0.15, 0.2) is 0 Å². The number of rotatable bonds is 76. The van der Waals surface area contributed by atoms with Gasteiger partial charge >= 0.3 is 39.5 Å². The fourth-order valence-electron chi connectivity index (χ4n) is 11.8. The molecule has 96 heavy (non-hydrogen) atoms. The molecule has 0 fully saturated rings. The molecular formula is C77H150O17P2. The highest BCUT2D eigenvalue weighted by Crippen LogP contribution is 2.45. The Balaban J connectivity index is 5.24. The van der Waals surface area contributed by atoms with E-state index in [0.29, 0.717) is 25.7 Å². The Kier molecular flexibility index (Phi) is 67.4. The third-order valence-electron chi connectivity index (χ3n) is 18.0. The molecule has 0 aliphatic rings. The zero-order chi connectivity index (χ0) is 70.7. The molecule has 0 amide bonds. The van der Waals surface area contributed by atoms with Gasteiger partial charge in [0.25, 0.3) is 0 Å². The summed E-state index contributed by atoms with van der Waals surface area (Å²) in [4.78, 5) is 72.9. The van der Waals surface area contributed by atoms with E-state index >= 15 is 0 Å². The Hall–Kier alpha value is -1.94. The second-order valence-corrected chi connectivity index (χ2v) is 31.6. The van der Waals surface area contributed by atoms with Gasteiger partial charge in [-0.25, -0.2) is 9.13 Å². The van der Waals surface area contributed by atoms with Gasteiger partial charge in [0.1, 0.15) is 19.3 Å². The Labute approximate surface area is 588 Å². The lowest BCUT2D eigenvalue weighted by molar-refractivity contribution is -0.161. The highest BCUT2D eigenvalue weighted by molar-refractivity contribution is 7.47. The van der Waals surface area contributed by atoms with Crippen molar-refractivity contribution in [3.8, 4) is 0 Å². The Morgan fingerprint density at radius 1 is 0.281 bits per heavy atom. The van der Waals surface area contributed by atoms with E-state index in [1.165, 1.54) is 218 Å². The van der Waals surface area contributed by atoms with E-state index in [9.17, 15) is 43.2 Å². The first-order valence-corrected chi connectivity index (χ1v) is 43.0. The summed E-state index contributed by atoms with van der Waals surface area (Å²) in [5.41, 5.74) is 0. The molecule has 5 atom stereocenters. The number of hydrogen-bond acceptors (Lipinski definition) is 15. The Morgan fingerprint density at radius 3 is 0.708 bits per heavy atom. The highest BCUT2D eigenvalue weighted by atomic mass is 31.2. The molecule has 0 aromatic rings. The van der Waals surface area contributed by atoms with Crippen LogP contribution in [0, 0.1) is 11.8 Å². The molecule has 0 aromatic carbocycles. The maximum absolute atomic E-state index is 13.1. The predicted molar refractivity (Wildman–Crippen MR) is 391 cm³/mol. The SMILES string of the molecule is CCCCCCCCCCCCCCCC(=O)OC[C@H](COP(=O)(O)OC[C@@H](O)COP(=O)(O)OC[C@@H](COC(=O)CCCCCCCCCCC(C)C)OC(=O)CCCCCCCCCCCCCCC)OC(=O)CCCCCCCCCCCCCCCCCCC(C)C. The molecule has 0 aromatic heterocycles. The summed E-state index contributed by atoms with van der Waals surface area (Å²) in [6.07, 6.45) is 56.8. The number of esters is 4. The zero-order valence-electron chi connectivity index (χ0n) is 62.7. The van der Waals surface area contributed by atoms with Crippen LogP contribution in [0.1, 0.15) is 401 Å². The van der Waals surface area contributed by atoms with Crippen molar-refractivity contribution in [3.63, 3.8) is 0 Å². The summed E-state index contributed by atoms with van der Waals surface area (Å²) in [5.74, 6) is -0.576. The standard InChI is InChI=1S/C77H150O17P2/c1-7-9-11-13-15-17-19-25-30-34-41-47-53-59-74(79)87-65-72(93-77(82)62-56-50-44-36-32-28-24-22-21-23-27-29-33-39-45-51-57-69(3)4)67-91-95(83,84)89-63-71(78)64-90-96(85,86)92-68-73(66-88-75(80)60-54-48-42-38-37-40-46-52-58-70(5)6)94-76(81)61-55-49-43-35-31-26-20-18-16-14-12-10-8-2/h69-73,78H,7-68H2,1-6H3,(H,83,84)(H,85,86)/t71-,72-,73-/m1/s1. The molecule has 0 saturated carbocycles. The van der Waals surface area contributed by atoms with E-state index in [4.69, 9.17) is 37.0 Å². The minimum atomic E-state index is -4.96. The predicted octanol–water partition coefficient (Wildman–Crippen LogP) is 22.7. The van der Waals surface area contributed by atoms with Crippen molar-refractivity contribution in [1.29, 1.82) is 0 Å². The quantitative estimate of drug-likeness (QED) is 0.0222. The number of phosphoric acid groups is 2. The van der Waals surface area contributed by atoms with E-state index in [0.717, 1.165) is 102 Å². The summed E-state index contributed by atoms with van der Waals surface area (Å²) in [7, 11) is -9.91. The monoisotopic (exact) mass is 1410 g/mol. The van der Waals surface area contributed by atoms with Gasteiger partial charge < -0.3 is 33.8 Å². The summed E-state index contributed by atoms with van der Waals surface area (Å²) < 4.78 is 68.6. The fraction of sp³-hybridized carbons (Fsp3) is 0.948. The van der Waals surface area contributed by atoms with E-state index in [1.807, 2.05) is 0 Å². The van der Waals surface area contributed by atoms with Crippen molar-refractivity contribution < 1.29 is 80.2 Å². The van der Waals surface area contributed by atoms with Gasteiger partial charge in [0.15, 0.2) is 12.2 Å². The van der Waals surface area contributed by atoms with Crippen LogP contribution in [0.25, 0.3) is 0 Å². The van der Waals surface area contributed by atoms with Crippen LogP contribution in [0.5, 0.6) is 0 Å². The van der Waals surface area contributed by atoms with Crippen molar-refractivity contribution in [2.45, 2.75) is 419 Å². The molecule has 0 aliphatic heterocycles. The number of hydrogen-bond donors (Lipinski definition) is 3. The normalized spacial score (nSPS) is 14.0. The molecule has 570 valence electrons. The molecule has 19 heteroatoms. The molecule has 0 rings (SSSR count). The molecule has 2 unspecified atom stereocenters. The second kappa shape index (κ2) is 68.8. The van der Waals surface area contributed by atoms with E-state index < -0.39 is 97.5 Å². The van der Waals surface area contributed by atoms with E-state index in [1.54, 1.807) is 0 Å². The summed E-state index contributed by atoms with van der Waals surface area (Å²) in [6.45, 7) is 9.61. The molecule has 0 spiro atoms. The third kappa shape index (κ3) is 70.5. The molecule has 17 nitrogen and oxygen atoms in total. The Bertz CT molecular complexity index is 1860. The molecular weight excluding hydrogens is 1260 g/mol. The topological polar surface area (TPSA) is 237 Å². The van der Waals surface area contributed by atoms with Crippen LogP contribution in [-0.2, 0) is 65.4 Å². The highest BCUT2D eigenvalue weighted by Gasteiger charge is 2.30. The van der Waals surface area contributed by atoms with Gasteiger partial charge in [0, 0.05) is 25.7 Å². The first-order valence-electron chi connectivity index (χ1n) is 40.0. The van der Waals surface area contributed by atoms with Crippen LogP contribution < -0.4 is 0 Å². The van der Waals surface area contributed by atoms with Gasteiger partial charge in [0.05, 0.1) is 26.4 Å². The number of aliphatic hydroxyl groups excluding tert-OH is 1. The summed E-state index contributed by atoms with van der Waals surface area (Å²) in [5, 5.41) is 10.6. The second-order valence-electron chi connectivity index (χ2n) is 28.7. The van der Waals surface area contributed by atoms with Gasteiger partial charge in [-0.15, -0.1) is 0 Å². The van der Waals surface area contributed by atoms with Crippen molar-refractivity contribution in [3.05, 3.63) is 0 Å². The van der Waals surface area contributed by atoms with Crippen molar-refractivity contribution in [2.24, 2.45) is 11.8 Å². The maximum Gasteiger partial charge on any atom is 0.472 e. The van der Waals surface area contributed by atoms with Crippen LogP contribution in [0.4, 0.5) is 0 Å². The van der Waals surface area contributed by atoms with E-state index in [-0.39, 0.29) is 25.7 Å². The average molecular weight is 1410 g/mol. The maximum atomic E-state index is 13.1. The van der Waals surface area contributed by atoms with Crippen molar-refractivity contribution in [2.75, 3.05) is 39.6 Å². The number of aliphatic hydroxyl groups is 1. The van der Waals surface area contributed by atoms with E-state index in [2.05, 4.69) is 41.5 Å². The number of ether oxygens (including phenoxy) is 4. The minimum absolute atomic E-state index is 0.107. The summed E-state index contributed by atoms with van der Waals surface area (Å²) >= 11 is 0. The van der Waals surface area contributed by atoms with Gasteiger partial charge in [-0.05, 0) is 37.5 Å². The molecule has 0 bridgehead atoms. The van der Waals surface area contributed by atoms with Crippen molar-refractivity contribution >= 4 is 39.5 Å². The largest absolute Gasteiger partial charge is 0.472 e. The first kappa shape index (κ1) is 94.1. The van der Waals surface area contributed by atoms with Crippen LogP contribution in [-0.4, -0.2) is 96.7 Å². The van der Waals surface area contributed by atoms with Gasteiger partial charge in [-0.1, -0.05) is 350 Å². The lowest BCUT2D eigenvalue weighted by Gasteiger charge is -2.21. The van der Waals surface area contributed by atoms with Gasteiger partial charge in [-0.2, -0.15) is 0 Å². The third-order valence-corrected chi connectivity index (χ3v) is 19.9. The smallest absolute Gasteiger partial charge is 0.462 e. The van der Waals surface area contributed by atoms with Gasteiger partial charge in [-0.3, -0.25) is 37.3 Å². The van der Waals surface area contributed by atoms with Crippen molar-refractivity contribution in [1.82, 2.24) is 0 Å². The summed E-state index contributed by atoms with van der Waals surface area (Å²) in [6, 6.07) is 0. The number of unbranched alkanes of at least 4 members (excludes halogenated alkanes) is 46. The lowest BCUT2D eigenvalue weighted by Crippen LogP contribution is -2.30. The molecule has 3 N–H and O–H groups in total. The molecule has 0 saturated heterocycles. The molecule has 0 radical (unpaired) electrons. The Morgan fingerprint density at radius 2 is 0.479 bits per heavy atom. The lowest BCUT2D eigenvalue weighted by atomic mass is 10.0. The fourth-order valence-corrected chi connectivity index (χ4v) is 13.4.